The molecule has 1 N–H and O–H groups in total. The Bertz CT molecular complexity index is 1020. The predicted molar refractivity (Wildman–Crippen MR) is 116 cm³/mol. The van der Waals surface area contributed by atoms with Crippen LogP contribution in [0.15, 0.2) is 41.0 Å². The molecule has 1 aliphatic heterocycles. The quantitative estimate of drug-likeness (QED) is 0.672. The van der Waals surface area contributed by atoms with Gasteiger partial charge in [-0.3, -0.25) is 9.20 Å². The molecule has 3 heterocycles. The van der Waals surface area contributed by atoms with Crippen molar-refractivity contribution in [2.24, 2.45) is 0 Å². The van der Waals surface area contributed by atoms with Crippen LogP contribution in [-0.2, 0) is 0 Å². The summed E-state index contributed by atoms with van der Waals surface area (Å²) in [5.74, 6) is -0.158. The van der Waals surface area contributed by atoms with Gasteiger partial charge in [0.2, 0.25) is 0 Å². The van der Waals surface area contributed by atoms with Gasteiger partial charge in [-0.15, -0.1) is 0 Å². The van der Waals surface area contributed by atoms with Crippen molar-refractivity contribution < 1.29 is 4.79 Å². The van der Waals surface area contributed by atoms with E-state index in [4.69, 9.17) is 0 Å². The molecule has 4 rings (SSSR count). The van der Waals surface area contributed by atoms with Gasteiger partial charge in [0.15, 0.2) is 0 Å². The van der Waals surface area contributed by atoms with E-state index in [1.54, 1.807) is 0 Å². The van der Waals surface area contributed by atoms with Gasteiger partial charge in [0, 0.05) is 48.2 Å². The normalized spacial score (nSPS) is 15.2. The minimum absolute atomic E-state index is 0.158. The summed E-state index contributed by atoms with van der Waals surface area (Å²) >= 11 is 3.50. The number of fused-ring (bicyclic) bond motifs is 1. The predicted octanol–water partition coefficient (Wildman–Crippen LogP) is 3.72. The first-order chi connectivity index (χ1) is 13.4. The number of halogens is 1. The smallest absolute Gasteiger partial charge is 0.274 e. The number of hydrogen-bond acceptors (Lipinski definition) is 4. The fourth-order valence-electron chi connectivity index (χ4n) is 3.67. The molecule has 2 aromatic heterocycles. The molecule has 0 unspecified atom stereocenters. The minimum Gasteiger partial charge on any atom is -0.369 e. The Morgan fingerprint density at radius 1 is 1.11 bits per heavy atom. The van der Waals surface area contributed by atoms with Gasteiger partial charge in [0.25, 0.3) is 5.91 Å². The van der Waals surface area contributed by atoms with Gasteiger partial charge >= 0.3 is 0 Å². The molecule has 3 aromatic rings. The summed E-state index contributed by atoms with van der Waals surface area (Å²) in [5, 5.41) is 3.01. The number of likely N-dealkylation sites (N-methyl/N-ethyl adjacent to an activating group) is 1. The summed E-state index contributed by atoms with van der Waals surface area (Å²) in [5.41, 5.74) is 5.07. The number of aromatic nitrogens is 2. The second-order valence-electron chi connectivity index (χ2n) is 7.37. The molecule has 1 aliphatic rings. The number of benzene rings is 1. The van der Waals surface area contributed by atoms with Crippen molar-refractivity contribution in [3.05, 3.63) is 58.0 Å². The van der Waals surface area contributed by atoms with Gasteiger partial charge < -0.3 is 15.1 Å². The summed E-state index contributed by atoms with van der Waals surface area (Å²) in [6, 6.07) is 10.1. The van der Waals surface area contributed by atoms with Gasteiger partial charge in [-0.1, -0.05) is 0 Å². The zero-order valence-corrected chi connectivity index (χ0v) is 18.0. The highest BCUT2D eigenvalue weighted by molar-refractivity contribution is 9.10. The number of aryl methyl sites for hydroxylation is 2. The van der Waals surface area contributed by atoms with E-state index >= 15 is 0 Å². The van der Waals surface area contributed by atoms with Crippen LogP contribution in [0, 0.1) is 13.8 Å². The molecule has 0 aliphatic carbocycles. The van der Waals surface area contributed by atoms with Crippen LogP contribution in [0.25, 0.3) is 5.65 Å². The van der Waals surface area contributed by atoms with Crippen LogP contribution in [0.4, 0.5) is 11.4 Å². The van der Waals surface area contributed by atoms with Crippen molar-refractivity contribution in [3.63, 3.8) is 0 Å². The highest BCUT2D eigenvalue weighted by Crippen LogP contribution is 2.23. The Hall–Kier alpha value is -2.38. The number of anilines is 2. The van der Waals surface area contributed by atoms with Gasteiger partial charge in [-0.2, -0.15) is 0 Å². The number of piperazine rings is 1. The molecule has 6 nitrogen and oxygen atoms in total. The third kappa shape index (κ3) is 3.64. The molecule has 1 saturated heterocycles. The lowest BCUT2D eigenvalue weighted by Crippen LogP contribution is -2.44. The number of imidazole rings is 1. The van der Waals surface area contributed by atoms with E-state index < -0.39 is 0 Å². The molecule has 1 aromatic carbocycles. The first-order valence-corrected chi connectivity index (χ1v) is 10.2. The van der Waals surface area contributed by atoms with Gasteiger partial charge in [-0.25, -0.2) is 4.98 Å². The van der Waals surface area contributed by atoms with Gasteiger partial charge in [-0.05, 0) is 72.7 Å². The molecular weight excluding hydrogens is 418 g/mol. The zero-order chi connectivity index (χ0) is 19.8. The summed E-state index contributed by atoms with van der Waals surface area (Å²) in [6.45, 7) is 8.05. The molecule has 0 saturated carbocycles. The molecule has 0 spiro atoms. The third-order valence-electron chi connectivity index (χ3n) is 5.25. The summed E-state index contributed by atoms with van der Waals surface area (Å²) < 4.78 is 2.77. The van der Waals surface area contributed by atoms with E-state index in [-0.39, 0.29) is 5.91 Å². The highest BCUT2D eigenvalue weighted by atomic mass is 79.9. The summed E-state index contributed by atoms with van der Waals surface area (Å²) in [4.78, 5) is 22.2. The van der Waals surface area contributed by atoms with E-state index in [1.165, 1.54) is 5.69 Å². The van der Waals surface area contributed by atoms with E-state index in [0.29, 0.717) is 11.4 Å². The number of nitrogens with one attached hydrogen (secondary N) is 1. The number of nitrogens with zero attached hydrogens (tertiary/aromatic N) is 4. The fraction of sp³-hybridized carbons (Fsp3) is 0.333. The van der Waals surface area contributed by atoms with Crippen molar-refractivity contribution >= 4 is 38.9 Å². The molecule has 28 heavy (non-hydrogen) atoms. The van der Waals surface area contributed by atoms with Crippen LogP contribution >= 0.6 is 15.9 Å². The van der Waals surface area contributed by atoms with Gasteiger partial charge in [0.1, 0.15) is 11.3 Å². The molecule has 146 valence electrons. The molecule has 1 amide bonds. The number of carbonyl (C=O) groups excluding carboxylic acids is 1. The number of pyridine rings is 1. The van der Waals surface area contributed by atoms with E-state index in [1.807, 2.05) is 42.6 Å². The van der Waals surface area contributed by atoms with Crippen molar-refractivity contribution in [3.8, 4) is 0 Å². The van der Waals surface area contributed by atoms with Crippen LogP contribution < -0.4 is 10.2 Å². The average molecular weight is 442 g/mol. The number of hydrogen-bond donors (Lipinski definition) is 1. The first-order valence-electron chi connectivity index (χ1n) is 9.42. The minimum atomic E-state index is -0.158. The number of amides is 1. The van der Waals surface area contributed by atoms with E-state index in [9.17, 15) is 4.79 Å². The maximum absolute atomic E-state index is 13.0. The third-order valence-corrected chi connectivity index (χ3v) is 5.69. The SMILES string of the molecule is Cc1nc2c(C)cc(Br)cn2c1C(=O)Nc1ccc(N2CCN(C)CC2)cc1. The number of carbonyl (C=O) groups is 1. The monoisotopic (exact) mass is 441 g/mol. The van der Waals surface area contributed by atoms with Gasteiger partial charge in [0.05, 0.1) is 5.69 Å². The molecule has 1 fully saturated rings. The Balaban J connectivity index is 1.54. The standard InChI is InChI=1S/C21H24BrN5O/c1-14-12-16(22)13-27-19(15(2)23-20(14)27)21(28)24-17-4-6-18(7-5-17)26-10-8-25(3)9-11-26/h4-7,12-13H,8-11H2,1-3H3,(H,24,28). The van der Waals surface area contributed by atoms with Crippen LogP contribution in [0.1, 0.15) is 21.7 Å². The lowest BCUT2D eigenvalue weighted by molar-refractivity contribution is 0.102. The second-order valence-corrected chi connectivity index (χ2v) is 8.29. The fourth-order valence-corrected chi connectivity index (χ4v) is 4.21. The Labute approximate surface area is 173 Å². The first kappa shape index (κ1) is 19.0. The van der Waals surface area contributed by atoms with Crippen LogP contribution in [0.5, 0.6) is 0 Å². The zero-order valence-electron chi connectivity index (χ0n) is 16.4. The van der Waals surface area contributed by atoms with Crippen LogP contribution in [0.3, 0.4) is 0 Å². The average Bonchev–Trinajstić information content (AvgIpc) is 2.99. The molecule has 0 atom stereocenters. The van der Waals surface area contributed by atoms with E-state index in [0.717, 1.165) is 47.5 Å². The number of rotatable bonds is 3. The Morgan fingerprint density at radius 3 is 2.46 bits per heavy atom. The van der Waals surface area contributed by atoms with Crippen LogP contribution in [-0.4, -0.2) is 53.4 Å². The maximum Gasteiger partial charge on any atom is 0.274 e. The molecule has 7 heteroatoms. The highest BCUT2D eigenvalue weighted by Gasteiger charge is 2.19. The molecule has 0 radical (unpaired) electrons. The van der Waals surface area contributed by atoms with Crippen LogP contribution in [0.2, 0.25) is 0 Å². The van der Waals surface area contributed by atoms with Crippen molar-refractivity contribution in [1.82, 2.24) is 14.3 Å². The topological polar surface area (TPSA) is 52.9 Å². The van der Waals surface area contributed by atoms with E-state index in [2.05, 4.69) is 55.2 Å². The molecular formula is C21H24BrN5O. The van der Waals surface area contributed by atoms with Crippen molar-refractivity contribution in [2.45, 2.75) is 13.8 Å². The summed E-state index contributed by atoms with van der Waals surface area (Å²) in [6.07, 6.45) is 1.88. The second kappa shape index (κ2) is 7.56. The Kier molecular flexibility index (Phi) is 5.12. The largest absolute Gasteiger partial charge is 0.369 e. The molecule has 0 bridgehead atoms. The van der Waals surface area contributed by atoms with Crippen molar-refractivity contribution in [1.29, 1.82) is 0 Å². The lowest BCUT2D eigenvalue weighted by Gasteiger charge is -2.34. The maximum atomic E-state index is 13.0. The lowest BCUT2D eigenvalue weighted by atomic mass is 10.2. The summed E-state index contributed by atoms with van der Waals surface area (Å²) in [7, 11) is 2.15. The van der Waals surface area contributed by atoms with Crippen molar-refractivity contribution in [2.75, 3.05) is 43.4 Å². The Morgan fingerprint density at radius 2 is 1.79 bits per heavy atom.